The molecule has 0 atom stereocenters. The molecule has 38 heavy (non-hydrogen) atoms. The summed E-state index contributed by atoms with van der Waals surface area (Å²) in [5.41, 5.74) is 0.707. The molecule has 1 aromatic rings. The molecule has 0 aliphatic carbocycles. The highest BCUT2D eigenvalue weighted by Gasteiger charge is 2.34. The fourth-order valence-corrected chi connectivity index (χ4v) is 6.01. The van der Waals surface area contributed by atoms with E-state index in [4.69, 9.17) is 22.1 Å². The van der Waals surface area contributed by atoms with E-state index < -0.39 is 5.97 Å². The van der Waals surface area contributed by atoms with Crippen LogP contribution in [0.5, 0.6) is 0 Å². The number of aromatic nitrogens is 1. The van der Waals surface area contributed by atoms with Gasteiger partial charge in [-0.2, -0.15) is 5.26 Å². The van der Waals surface area contributed by atoms with Gasteiger partial charge in [-0.05, 0) is 51.2 Å². The molecule has 204 valence electrons. The van der Waals surface area contributed by atoms with E-state index in [0.717, 1.165) is 11.8 Å². The molecule has 0 aromatic carbocycles. The molecule has 0 radical (unpaired) electrons. The number of rotatable bonds is 10. The van der Waals surface area contributed by atoms with Gasteiger partial charge in [0.2, 0.25) is 0 Å². The molecule has 1 aromatic heterocycles. The van der Waals surface area contributed by atoms with Crippen molar-refractivity contribution in [2.45, 2.75) is 59.4 Å². The van der Waals surface area contributed by atoms with Crippen LogP contribution in [0.1, 0.15) is 62.6 Å². The number of carboxylic acids is 1. The van der Waals surface area contributed by atoms with Gasteiger partial charge < -0.3 is 14.7 Å². The number of nitriles is 1. The van der Waals surface area contributed by atoms with E-state index in [-0.39, 0.29) is 48.3 Å². The first kappa shape index (κ1) is 29.4. The Morgan fingerprint density at radius 2 is 1.92 bits per heavy atom. The van der Waals surface area contributed by atoms with Gasteiger partial charge >= 0.3 is 11.9 Å². The fraction of sp³-hybridized carbons (Fsp3) is 0.538. The van der Waals surface area contributed by atoms with E-state index >= 15 is 0 Å². The number of amides is 1. The average Bonchev–Trinajstić information content (AvgIpc) is 3.15. The van der Waals surface area contributed by atoms with Gasteiger partial charge in [0.1, 0.15) is 21.8 Å². The molecule has 10 nitrogen and oxygen atoms in total. The molecular formula is C26H32N4O6S2. The summed E-state index contributed by atoms with van der Waals surface area (Å²) in [7, 11) is 0. The SMILES string of the molecule is CCCn1c(N2CCC(C(=O)OCC)CC2)c(/C=C2\SC(=S)N(CCCC(=O)O)C2=O)c(C)c(C#N)c1=O. The number of carbonyl (C=O) groups is 3. The minimum absolute atomic E-state index is 0.0202. The number of nitrogens with zero attached hydrogens (tertiary/aromatic N) is 4. The van der Waals surface area contributed by atoms with Crippen LogP contribution in [0.2, 0.25) is 0 Å². The number of hydrogen-bond donors (Lipinski definition) is 1. The number of ether oxygens (including phenoxy) is 1. The maximum absolute atomic E-state index is 13.3. The van der Waals surface area contributed by atoms with E-state index in [1.54, 1.807) is 24.5 Å². The van der Waals surface area contributed by atoms with Crippen molar-refractivity contribution < 1.29 is 24.2 Å². The monoisotopic (exact) mass is 560 g/mol. The van der Waals surface area contributed by atoms with Crippen LogP contribution < -0.4 is 10.5 Å². The quantitative estimate of drug-likeness (QED) is 0.258. The lowest BCUT2D eigenvalue weighted by Gasteiger charge is -2.35. The predicted molar refractivity (Wildman–Crippen MR) is 149 cm³/mol. The number of thioether (sulfide) groups is 1. The molecule has 2 fully saturated rings. The molecular weight excluding hydrogens is 528 g/mol. The summed E-state index contributed by atoms with van der Waals surface area (Å²) < 4.78 is 7.12. The third-order valence-electron chi connectivity index (χ3n) is 6.63. The predicted octanol–water partition coefficient (Wildman–Crippen LogP) is 3.28. The van der Waals surface area contributed by atoms with Crippen molar-refractivity contribution >= 4 is 58.0 Å². The zero-order chi connectivity index (χ0) is 28.0. The summed E-state index contributed by atoms with van der Waals surface area (Å²) >= 11 is 6.51. The maximum Gasteiger partial charge on any atom is 0.309 e. The van der Waals surface area contributed by atoms with Crippen LogP contribution in [0.4, 0.5) is 5.82 Å². The third kappa shape index (κ3) is 6.27. The van der Waals surface area contributed by atoms with Gasteiger partial charge in [-0.1, -0.05) is 30.9 Å². The number of carboxylic acid groups (broad SMARTS) is 1. The molecule has 2 saturated heterocycles. The summed E-state index contributed by atoms with van der Waals surface area (Å²) in [5, 5.41) is 18.7. The van der Waals surface area contributed by atoms with Crippen LogP contribution in [0, 0.1) is 24.2 Å². The van der Waals surface area contributed by atoms with E-state index in [9.17, 15) is 24.4 Å². The van der Waals surface area contributed by atoms with Crippen LogP contribution in [-0.2, 0) is 25.7 Å². The molecule has 0 saturated carbocycles. The Morgan fingerprint density at radius 3 is 2.50 bits per heavy atom. The number of thiocarbonyl (C=S) groups is 1. The average molecular weight is 561 g/mol. The highest BCUT2D eigenvalue weighted by Crippen LogP contribution is 2.37. The fourth-order valence-electron chi connectivity index (χ4n) is 4.72. The molecule has 0 unspecified atom stereocenters. The second-order valence-corrected chi connectivity index (χ2v) is 10.8. The van der Waals surface area contributed by atoms with E-state index in [1.807, 2.05) is 17.9 Å². The third-order valence-corrected chi connectivity index (χ3v) is 8.01. The van der Waals surface area contributed by atoms with Crippen molar-refractivity contribution in [2.24, 2.45) is 5.92 Å². The first-order valence-corrected chi connectivity index (χ1v) is 13.9. The van der Waals surface area contributed by atoms with Crippen molar-refractivity contribution in [3.05, 3.63) is 31.9 Å². The highest BCUT2D eigenvalue weighted by atomic mass is 32.2. The summed E-state index contributed by atoms with van der Waals surface area (Å²) in [5.74, 6) is -1.10. The van der Waals surface area contributed by atoms with Gasteiger partial charge in [-0.3, -0.25) is 28.6 Å². The number of esters is 1. The molecule has 1 amide bonds. The van der Waals surface area contributed by atoms with Crippen molar-refractivity contribution in [2.75, 3.05) is 31.1 Å². The first-order valence-electron chi connectivity index (χ1n) is 12.7. The molecule has 0 bridgehead atoms. The Hall–Kier alpha value is -3.17. The van der Waals surface area contributed by atoms with Crippen molar-refractivity contribution in [1.82, 2.24) is 9.47 Å². The molecule has 3 rings (SSSR count). The zero-order valence-corrected chi connectivity index (χ0v) is 23.5. The molecule has 3 heterocycles. The topological polar surface area (TPSA) is 133 Å². The van der Waals surface area contributed by atoms with E-state index in [2.05, 4.69) is 0 Å². The first-order chi connectivity index (χ1) is 18.1. The van der Waals surface area contributed by atoms with Crippen molar-refractivity contribution in [3.8, 4) is 6.07 Å². The Morgan fingerprint density at radius 1 is 1.24 bits per heavy atom. The molecule has 2 aliphatic rings. The van der Waals surface area contributed by atoms with Crippen LogP contribution in [-0.4, -0.2) is 63.0 Å². The van der Waals surface area contributed by atoms with Crippen molar-refractivity contribution in [3.63, 3.8) is 0 Å². The number of piperidine rings is 1. The lowest BCUT2D eigenvalue weighted by molar-refractivity contribution is -0.148. The minimum Gasteiger partial charge on any atom is -0.481 e. The van der Waals surface area contributed by atoms with E-state index in [1.165, 1.54) is 4.90 Å². The maximum atomic E-state index is 13.3. The number of anilines is 1. The van der Waals surface area contributed by atoms with E-state index in [0.29, 0.717) is 71.7 Å². The Bertz CT molecular complexity index is 1260. The lowest BCUT2D eigenvalue weighted by atomic mass is 9.95. The number of aliphatic carboxylic acids is 1. The molecule has 1 N–H and O–H groups in total. The number of pyridine rings is 1. The van der Waals surface area contributed by atoms with Crippen molar-refractivity contribution in [1.29, 1.82) is 5.26 Å². The molecule has 2 aliphatic heterocycles. The second-order valence-electron chi connectivity index (χ2n) is 9.15. The standard InChI is InChI=1S/C26H32N4O6S2/c1-4-10-29-22(28-12-8-17(9-13-28)25(35)36-5-2)18(16(3)19(15-27)23(29)33)14-20-24(34)30(26(37)38-20)11-6-7-21(31)32/h14,17H,4-13H2,1-3H3,(H,31,32)/b20-14-. The number of carbonyl (C=O) groups excluding carboxylic acids is 2. The van der Waals surface area contributed by atoms with Gasteiger partial charge in [0.15, 0.2) is 0 Å². The summed E-state index contributed by atoms with van der Waals surface area (Å²) in [6.07, 6.45) is 3.66. The molecule has 12 heteroatoms. The second kappa shape index (κ2) is 13.1. The van der Waals surface area contributed by atoms with Crippen LogP contribution >= 0.6 is 24.0 Å². The Labute approximate surface area is 231 Å². The van der Waals surface area contributed by atoms with Crippen LogP contribution in [0.15, 0.2) is 9.70 Å². The van der Waals surface area contributed by atoms with Crippen LogP contribution in [0.3, 0.4) is 0 Å². The highest BCUT2D eigenvalue weighted by molar-refractivity contribution is 8.26. The molecule has 0 spiro atoms. The van der Waals surface area contributed by atoms with Gasteiger partial charge in [0.05, 0.1) is 17.4 Å². The largest absolute Gasteiger partial charge is 0.481 e. The summed E-state index contributed by atoms with van der Waals surface area (Å²) in [4.78, 5) is 53.5. The lowest BCUT2D eigenvalue weighted by Crippen LogP contribution is -2.41. The Kier molecular flexibility index (Phi) is 10.1. The van der Waals surface area contributed by atoms with Gasteiger partial charge in [0.25, 0.3) is 11.5 Å². The minimum atomic E-state index is -0.944. The zero-order valence-electron chi connectivity index (χ0n) is 21.8. The van der Waals surface area contributed by atoms with Gasteiger partial charge in [-0.15, -0.1) is 0 Å². The van der Waals surface area contributed by atoms with Crippen LogP contribution in [0.25, 0.3) is 6.08 Å². The normalized spacial score (nSPS) is 17.3. The van der Waals surface area contributed by atoms with Gasteiger partial charge in [-0.25, -0.2) is 0 Å². The van der Waals surface area contributed by atoms with Gasteiger partial charge in [0, 0.05) is 38.2 Å². The smallest absolute Gasteiger partial charge is 0.309 e. The Balaban J connectivity index is 2.05. The summed E-state index contributed by atoms with van der Waals surface area (Å²) in [6.45, 7) is 7.34. The number of hydrogen-bond acceptors (Lipinski definition) is 9. The summed E-state index contributed by atoms with van der Waals surface area (Å²) in [6, 6.07) is 2.04.